The van der Waals surface area contributed by atoms with E-state index in [1.165, 1.54) is 4.90 Å². The third kappa shape index (κ3) is 3.39. The van der Waals surface area contributed by atoms with Crippen molar-refractivity contribution in [3.63, 3.8) is 0 Å². The maximum atomic E-state index is 13.5. The SMILES string of the molecule is Cc1ccc(C2=C(Nc3ccc4c(c3)OCCO4)C(=O)N(c3ccccc3)C2=O)c(C)c1. The lowest BCUT2D eigenvalue weighted by Crippen LogP contribution is -2.32. The van der Waals surface area contributed by atoms with Gasteiger partial charge in [-0.2, -0.15) is 0 Å². The van der Waals surface area contributed by atoms with Crippen LogP contribution in [0.3, 0.4) is 0 Å². The number of benzene rings is 3. The Morgan fingerprint density at radius 3 is 2.31 bits per heavy atom. The van der Waals surface area contributed by atoms with Gasteiger partial charge in [-0.25, -0.2) is 4.90 Å². The zero-order valence-corrected chi connectivity index (χ0v) is 17.8. The maximum Gasteiger partial charge on any atom is 0.282 e. The Morgan fingerprint density at radius 2 is 1.56 bits per heavy atom. The Bertz CT molecular complexity index is 1260. The number of rotatable bonds is 4. The molecule has 6 nitrogen and oxygen atoms in total. The number of amides is 2. The van der Waals surface area contributed by atoms with Crippen LogP contribution in [0.15, 0.2) is 72.4 Å². The molecule has 0 unspecified atom stereocenters. The van der Waals surface area contributed by atoms with Crippen molar-refractivity contribution in [3.05, 3.63) is 89.1 Å². The van der Waals surface area contributed by atoms with Crippen molar-refractivity contribution in [1.82, 2.24) is 0 Å². The number of ether oxygens (including phenoxy) is 2. The molecule has 0 aliphatic carbocycles. The summed E-state index contributed by atoms with van der Waals surface area (Å²) in [5.74, 6) is 0.510. The van der Waals surface area contributed by atoms with Gasteiger partial charge >= 0.3 is 0 Å². The van der Waals surface area contributed by atoms with Gasteiger partial charge < -0.3 is 14.8 Å². The quantitative estimate of drug-likeness (QED) is 0.624. The molecule has 0 aromatic heterocycles. The number of nitrogens with one attached hydrogen (secondary N) is 1. The molecule has 6 heteroatoms. The van der Waals surface area contributed by atoms with Crippen molar-refractivity contribution in [1.29, 1.82) is 0 Å². The summed E-state index contributed by atoms with van der Waals surface area (Å²) in [6.07, 6.45) is 0. The smallest absolute Gasteiger partial charge is 0.282 e. The molecule has 5 rings (SSSR count). The minimum Gasteiger partial charge on any atom is -0.486 e. The lowest BCUT2D eigenvalue weighted by molar-refractivity contribution is -0.120. The monoisotopic (exact) mass is 426 g/mol. The summed E-state index contributed by atoms with van der Waals surface area (Å²) in [5, 5.41) is 3.19. The fraction of sp³-hybridized carbons (Fsp3) is 0.154. The van der Waals surface area contributed by atoms with Crippen LogP contribution in [-0.4, -0.2) is 25.0 Å². The molecule has 3 aromatic rings. The van der Waals surface area contributed by atoms with Gasteiger partial charge in [0, 0.05) is 11.8 Å². The average molecular weight is 426 g/mol. The fourth-order valence-electron chi connectivity index (χ4n) is 4.07. The Morgan fingerprint density at radius 1 is 0.812 bits per heavy atom. The largest absolute Gasteiger partial charge is 0.486 e. The van der Waals surface area contributed by atoms with E-state index in [1.54, 1.807) is 36.4 Å². The minimum atomic E-state index is -0.397. The molecule has 0 saturated heterocycles. The van der Waals surface area contributed by atoms with Crippen LogP contribution in [-0.2, 0) is 9.59 Å². The highest BCUT2D eigenvalue weighted by Gasteiger charge is 2.40. The molecule has 0 radical (unpaired) electrons. The zero-order valence-electron chi connectivity index (χ0n) is 17.8. The number of imide groups is 1. The Kier molecular flexibility index (Phi) is 4.90. The van der Waals surface area contributed by atoms with Gasteiger partial charge in [-0.15, -0.1) is 0 Å². The molecule has 2 aliphatic rings. The van der Waals surface area contributed by atoms with Crippen LogP contribution in [0.1, 0.15) is 16.7 Å². The highest BCUT2D eigenvalue weighted by molar-refractivity contribution is 6.46. The van der Waals surface area contributed by atoms with Gasteiger partial charge in [-0.05, 0) is 49.2 Å². The second kappa shape index (κ2) is 7.89. The summed E-state index contributed by atoms with van der Waals surface area (Å²) in [6, 6.07) is 20.2. The topological polar surface area (TPSA) is 67.9 Å². The van der Waals surface area contributed by atoms with E-state index >= 15 is 0 Å². The lowest BCUT2D eigenvalue weighted by atomic mass is 9.97. The van der Waals surface area contributed by atoms with Crippen LogP contribution in [0.5, 0.6) is 11.5 Å². The van der Waals surface area contributed by atoms with Crippen molar-refractivity contribution in [3.8, 4) is 11.5 Å². The van der Waals surface area contributed by atoms with E-state index in [1.807, 2.05) is 44.2 Å². The number of fused-ring (bicyclic) bond motifs is 1. The molecular weight excluding hydrogens is 404 g/mol. The van der Waals surface area contributed by atoms with Gasteiger partial charge in [0.2, 0.25) is 0 Å². The van der Waals surface area contributed by atoms with E-state index in [9.17, 15) is 9.59 Å². The van der Waals surface area contributed by atoms with Crippen LogP contribution >= 0.6 is 0 Å². The predicted molar refractivity (Wildman–Crippen MR) is 123 cm³/mol. The number of anilines is 2. The van der Waals surface area contributed by atoms with Crippen molar-refractivity contribution >= 4 is 28.8 Å². The van der Waals surface area contributed by atoms with Crippen LogP contribution in [0.25, 0.3) is 5.57 Å². The molecule has 2 amide bonds. The highest BCUT2D eigenvalue weighted by atomic mass is 16.6. The molecule has 2 heterocycles. The predicted octanol–water partition coefficient (Wildman–Crippen LogP) is 4.47. The fourth-order valence-corrected chi connectivity index (χ4v) is 4.07. The summed E-state index contributed by atoms with van der Waals surface area (Å²) < 4.78 is 11.3. The molecular formula is C26H22N2O4. The lowest BCUT2D eigenvalue weighted by Gasteiger charge is -2.19. The Labute approximate surface area is 186 Å². The van der Waals surface area contributed by atoms with Crippen LogP contribution in [0.4, 0.5) is 11.4 Å². The standard InChI is InChI=1S/C26H22N2O4/c1-16-8-10-20(17(2)14-16)23-24(26(30)28(25(23)29)19-6-4-3-5-7-19)27-18-9-11-21-22(15-18)32-13-12-31-21/h3-11,14-15,27H,12-13H2,1-2H3. The van der Waals surface area contributed by atoms with Crippen molar-refractivity contribution in [2.75, 3.05) is 23.4 Å². The first-order chi connectivity index (χ1) is 15.5. The Balaban J connectivity index is 1.61. The molecule has 160 valence electrons. The van der Waals surface area contributed by atoms with E-state index in [0.717, 1.165) is 16.7 Å². The first kappa shape index (κ1) is 19.9. The van der Waals surface area contributed by atoms with Gasteiger partial charge in [0.25, 0.3) is 11.8 Å². The van der Waals surface area contributed by atoms with Gasteiger partial charge in [-0.1, -0.05) is 42.0 Å². The summed E-state index contributed by atoms with van der Waals surface area (Å²) in [5.41, 5.74) is 4.51. The van der Waals surface area contributed by atoms with Crippen molar-refractivity contribution in [2.45, 2.75) is 13.8 Å². The second-order valence-electron chi connectivity index (χ2n) is 7.83. The summed E-state index contributed by atoms with van der Waals surface area (Å²) in [7, 11) is 0. The summed E-state index contributed by atoms with van der Waals surface area (Å²) >= 11 is 0. The molecule has 0 atom stereocenters. The van der Waals surface area contributed by atoms with Crippen molar-refractivity contribution < 1.29 is 19.1 Å². The van der Waals surface area contributed by atoms with E-state index in [-0.39, 0.29) is 11.6 Å². The van der Waals surface area contributed by atoms with Gasteiger partial charge in [0.15, 0.2) is 11.5 Å². The number of carbonyl (C=O) groups is 2. The first-order valence-corrected chi connectivity index (χ1v) is 10.5. The molecule has 1 N–H and O–H groups in total. The second-order valence-corrected chi connectivity index (χ2v) is 7.83. The molecule has 3 aromatic carbocycles. The van der Waals surface area contributed by atoms with E-state index < -0.39 is 5.91 Å². The molecule has 0 fully saturated rings. The number of para-hydroxylation sites is 1. The average Bonchev–Trinajstić information content (AvgIpc) is 3.04. The third-order valence-electron chi connectivity index (χ3n) is 5.56. The molecule has 0 spiro atoms. The van der Waals surface area contributed by atoms with Crippen LogP contribution in [0.2, 0.25) is 0 Å². The zero-order chi connectivity index (χ0) is 22.2. The first-order valence-electron chi connectivity index (χ1n) is 10.5. The number of hydrogen-bond donors (Lipinski definition) is 1. The number of hydrogen-bond acceptors (Lipinski definition) is 5. The third-order valence-corrected chi connectivity index (χ3v) is 5.56. The number of nitrogens with zero attached hydrogens (tertiary/aromatic N) is 1. The van der Waals surface area contributed by atoms with E-state index in [2.05, 4.69) is 5.32 Å². The number of aryl methyl sites for hydroxylation is 2. The van der Waals surface area contributed by atoms with Crippen LogP contribution < -0.4 is 19.7 Å². The van der Waals surface area contributed by atoms with Gasteiger partial charge in [-0.3, -0.25) is 9.59 Å². The summed E-state index contributed by atoms with van der Waals surface area (Å²) in [6.45, 7) is 4.91. The maximum absolute atomic E-state index is 13.5. The Hall–Kier alpha value is -4.06. The van der Waals surface area contributed by atoms with Gasteiger partial charge in [0.1, 0.15) is 18.9 Å². The minimum absolute atomic E-state index is 0.238. The summed E-state index contributed by atoms with van der Waals surface area (Å²) in [4.78, 5) is 28.3. The van der Waals surface area contributed by atoms with Crippen LogP contribution in [0, 0.1) is 13.8 Å². The molecule has 2 aliphatic heterocycles. The van der Waals surface area contributed by atoms with Gasteiger partial charge in [0.05, 0.1) is 11.3 Å². The van der Waals surface area contributed by atoms with E-state index in [0.29, 0.717) is 41.7 Å². The van der Waals surface area contributed by atoms with Crippen molar-refractivity contribution in [2.24, 2.45) is 0 Å². The molecule has 0 bridgehead atoms. The molecule has 0 saturated carbocycles. The molecule has 32 heavy (non-hydrogen) atoms. The number of carbonyl (C=O) groups excluding carboxylic acids is 2. The normalized spacial score (nSPS) is 15.4. The highest BCUT2D eigenvalue weighted by Crippen LogP contribution is 2.37. The van der Waals surface area contributed by atoms with E-state index in [4.69, 9.17) is 9.47 Å².